The first-order chi connectivity index (χ1) is 19.7. The molecular formula is C32H28Cl2N2O4S. The number of carbonyl (C=O) groups excluding carboxylic acids is 1. The van der Waals surface area contributed by atoms with Gasteiger partial charge in [0, 0.05) is 10.0 Å². The number of thiazole rings is 1. The normalized spacial score (nSPS) is 15.1. The van der Waals surface area contributed by atoms with Crippen LogP contribution in [0.15, 0.2) is 93.9 Å². The number of rotatable bonds is 8. The molecule has 0 amide bonds. The van der Waals surface area contributed by atoms with E-state index in [-0.39, 0.29) is 18.1 Å². The zero-order valence-corrected chi connectivity index (χ0v) is 25.1. The average Bonchev–Trinajstić information content (AvgIpc) is 3.26. The molecule has 1 atom stereocenters. The van der Waals surface area contributed by atoms with Crippen molar-refractivity contribution < 1.29 is 14.3 Å². The molecule has 3 aromatic carbocycles. The van der Waals surface area contributed by atoms with Crippen molar-refractivity contribution in [2.75, 3.05) is 6.61 Å². The summed E-state index contributed by atoms with van der Waals surface area (Å²) in [5.41, 5.74) is 3.00. The first-order valence-electron chi connectivity index (χ1n) is 13.1. The fourth-order valence-corrected chi connectivity index (χ4v) is 5.97. The maximum Gasteiger partial charge on any atom is 0.338 e. The van der Waals surface area contributed by atoms with Crippen LogP contribution < -0.4 is 19.6 Å². The largest absolute Gasteiger partial charge is 0.489 e. The molecular weight excluding hydrogens is 579 g/mol. The molecule has 1 unspecified atom stereocenters. The van der Waals surface area contributed by atoms with Gasteiger partial charge in [-0.1, -0.05) is 96.9 Å². The first-order valence-corrected chi connectivity index (χ1v) is 14.7. The molecule has 0 saturated heterocycles. The van der Waals surface area contributed by atoms with Crippen molar-refractivity contribution in [3.63, 3.8) is 0 Å². The van der Waals surface area contributed by atoms with E-state index in [0.717, 1.165) is 11.1 Å². The minimum Gasteiger partial charge on any atom is -0.489 e. The number of ether oxygens (including phenoxy) is 2. The van der Waals surface area contributed by atoms with E-state index in [4.69, 9.17) is 32.7 Å². The number of fused-ring (bicyclic) bond motifs is 1. The number of aromatic nitrogens is 1. The molecule has 5 rings (SSSR count). The van der Waals surface area contributed by atoms with Crippen LogP contribution in [0.1, 0.15) is 43.5 Å². The van der Waals surface area contributed by atoms with E-state index >= 15 is 0 Å². The summed E-state index contributed by atoms with van der Waals surface area (Å²) in [7, 11) is 0. The summed E-state index contributed by atoms with van der Waals surface area (Å²) >= 11 is 13.7. The van der Waals surface area contributed by atoms with E-state index in [0.29, 0.717) is 48.6 Å². The van der Waals surface area contributed by atoms with Crippen molar-refractivity contribution in [2.24, 2.45) is 10.9 Å². The van der Waals surface area contributed by atoms with Crippen LogP contribution in [0.5, 0.6) is 5.75 Å². The van der Waals surface area contributed by atoms with E-state index in [1.54, 1.807) is 35.8 Å². The number of nitrogens with zero attached hydrogens (tertiary/aromatic N) is 2. The molecule has 0 bridgehead atoms. The molecule has 41 heavy (non-hydrogen) atoms. The topological polar surface area (TPSA) is 69.9 Å². The van der Waals surface area contributed by atoms with Gasteiger partial charge in [-0.05, 0) is 59.9 Å². The molecule has 4 aromatic rings. The lowest BCUT2D eigenvalue weighted by Crippen LogP contribution is -2.40. The summed E-state index contributed by atoms with van der Waals surface area (Å²) in [6.07, 6.45) is 1.72. The van der Waals surface area contributed by atoms with Gasteiger partial charge in [0.05, 0.1) is 28.5 Å². The van der Waals surface area contributed by atoms with Crippen LogP contribution in [0.2, 0.25) is 10.0 Å². The highest BCUT2D eigenvalue weighted by molar-refractivity contribution is 7.07. The minimum atomic E-state index is -0.725. The zero-order chi connectivity index (χ0) is 29.1. The SMILES string of the molecule is CC1=C(C(=O)OCC(C)C)C(c2ccc(OCc3ccccc3)cc2)n2c(sc(=Cc3ccc(Cl)cc3Cl)c2=O)=N1. The summed E-state index contributed by atoms with van der Waals surface area (Å²) in [6.45, 7) is 6.39. The molecule has 0 aliphatic carbocycles. The van der Waals surface area contributed by atoms with Crippen LogP contribution in [-0.4, -0.2) is 17.1 Å². The maximum atomic E-state index is 13.9. The fourth-order valence-electron chi connectivity index (χ4n) is 4.47. The lowest BCUT2D eigenvalue weighted by atomic mass is 9.96. The standard InChI is InChI=1S/C32H28Cl2N2O4S/c1-19(2)17-40-31(38)28-20(3)35-32-36(30(37)27(41-32)15-23-9-12-24(33)16-26(23)34)29(28)22-10-13-25(14-11-22)39-18-21-7-5-4-6-8-21/h4-16,19,29H,17-18H2,1-3H3. The monoisotopic (exact) mass is 606 g/mol. The third-order valence-corrected chi connectivity index (χ3v) is 8.03. The molecule has 1 aliphatic rings. The number of carbonyl (C=O) groups is 1. The molecule has 6 nitrogen and oxygen atoms in total. The van der Waals surface area contributed by atoms with Gasteiger partial charge in [-0.25, -0.2) is 9.79 Å². The molecule has 210 valence electrons. The molecule has 0 radical (unpaired) electrons. The van der Waals surface area contributed by atoms with Gasteiger partial charge in [0.1, 0.15) is 12.4 Å². The predicted octanol–water partition coefficient (Wildman–Crippen LogP) is 6.32. The highest BCUT2D eigenvalue weighted by Crippen LogP contribution is 2.32. The van der Waals surface area contributed by atoms with Gasteiger partial charge in [0.15, 0.2) is 4.80 Å². The third-order valence-electron chi connectivity index (χ3n) is 6.48. The van der Waals surface area contributed by atoms with E-state index < -0.39 is 12.0 Å². The van der Waals surface area contributed by atoms with Crippen molar-refractivity contribution in [3.05, 3.63) is 130 Å². The number of esters is 1. The molecule has 2 heterocycles. The van der Waals surface area contributed by atoms with Crippen LogP contribution in [0, 0.1) is 5.92 Å². The maximum absolute atomic E-state index is 13.9. The van der Waals surface area contributed by atoms with Crippen LogP contribution in [0.4, 0.5) is 0 Å². The van der Waals surface area contributed by atoms with Gasteiger partial charge in [-0.3, -0.25) is 9.36 Å². The molecule has 1 aromatic heterocycles. The van der Waals surface area contributed by atoms with Crippen molar-refractivity contribution >= 4 is 46.6 Å². The van der Waals surface area contributed by atoms with Crippen LogP contribution in [-0.2, 0) is 16.1 Å². The second kappa shape index (κ2) is 12.5. The Morgan fingerprint density at radius 1 is 1.07 bits per heavy atom. The third kappa shape index (κ3) is 6.48. The van der Waals surface area contributed by atoms with Crippen molar-refractivity contribution in [3.8, 4) is 5.75 Å². The van der Waals surface area contributed by atoms with Crippen LogP contribution in [0.3, 0.4) is 0 Å². The second-order valence-corrected chi connectivity index (χ2v) is 11.9. The summed E-state index contributed by atoms with van der Waals surface area (Å²) in [4.78, 5) is 32.4. The molecule has 1 aliphatic heterocycles. The first kappa shape index (κ1) is 28.9. The number of allylic oxidation sites excluding steroid dienone is 1. The van der Waals surface area contributed by atoms with E-state index in [2.05, 4.69) is 4.99 Å². The van der Waals surface area contributed by atoms with Crippen LogP contribution in [0.25, 0.3) is 6.08 Å². The number of halogens is 2. The zero-order valence-electron chi connectivity index (χ0n) is 22.8. The minimum absolute atomic E-state index is 0.157. The van der Waals surface area contributed by atoms with Crippen molar-refractivity contribution in [1.29, 1.82) is 0 Å². The van der Waals surface area contributed by atoms with E-state index in [9.17, 15) is 9.59 Å². The second-order valence-electron chi connectivity index (χ2n) is 10.1. The van der Waals surface area contributed by atoms with E-state index in [1.807, 2.05) is 68.4 Å². The van der Waals surface area contributed by atoms with E-state index in [1.165, 1.54) is 11.3 Å². The Morgan fingerprint density at radius 2 is 1.80 bits per heavy atom. The lowest BCUT2D eigenvalue weighted by Gasteiger charge is -2.25. The van der Waals surface area contributed by atoms with Crippen LogP contribution >= 0.6 is 34.5 Å². The predicted molar refractivity (Wildman–Crippen MR) is 163 cm³/mol. The number of hydrogen-bond donors (Lipinski definition) is 0. The Morgan fingerprint density at radius 3 is 2.49 bits per heavy atom. The highest BCUT2D eigenvalue weighted by atomic mass is 35.5. The Balaban J connectivity index is 1.57. The summed E-state index contributed by atoms with van der Waals surface area (Å²) in [5, 5.41) is 0.935. The van der Waals surface area contributed by atoms with Gasteiger partial charge in [-0.2, -0.15) is 0 Å². The van der Waals surface area contributed by atoms with Gasteiger partial charge in [0.2, 0.25) is 0 Å². The number of benzene rings is 3. The summed E-state index contributed by atoms with van der Waals surface area (Å²) in [5.74, 6) is 0.334. The molecule has 0 spiro atoms. The molecule has 0 N–H and O–H groups in total. The molecule has 9 heteroatoms. The van der Waals surface area contributed by atoms with Gasteiger partial charge >= 0.3 is 5.97 Å². The van der Waals surface area contributed by atoms with Gasteiger partial charge < -0.3 is 9.47 Å². The highest BCUT2D eigenvalue weighted by Gasteiger charge is 2.33. The lowest BCUT2D eigenvalue weighted by molar-refractivity contribution is -0.140. The summed E-state index contributed by atoms with van der Waals surface area (Å²) in [6, 6.07) is 21.7. The number of hydrogen-bond acceptors (Lipinski definition) is 6. The van der Waals surface area contributed by atoms with Crippen molar-refractivity contribution in [2.45, 2.75) is 33.4 Å². The Bertz CT molecular complexity index is 1790. The van der Waals surface area contributed by atoms with Gasteiger partial charge in [0.25, 0.3) is 5.56 Å². The van der Waals surface area contributed by atoms with Gasteiger partial charge in [-0.15, -0.1) is 0 Å². The Kier molecular flexibility index (Phi) is 8.78. The molecule has 0 saturated carbocycles. The molecule has 0 fully saturated rings. The summed E-state index contributed by atoms with van der Waals surface area (Å²) < 4.78 is 13.6. The Labute approximate surface area is 251 Å². The quantitative estimate of drug-likeness (QED) is 0.220. The van der Waals surface area contributed by atoms with Crippen molar-refractivity contribution in [1.82, 2.24) is 4.57 Å². The fraction of sp³-hybridized carbons (Fsp3) is 0.219. The Hall–Kier alpha value is -3.65. The smallest absolute Gasteiger partial charge is 0.338 e. The average molecular weight is 608 g/mol.